The van der Waals surface area contributed by atoms with Crippen LogP contribution in [0.3, 0.4) is 0 Å². The molecule has 32 heavy (non-hydrogen) atoms. The van der Waals surface area contributed by atoms with E-state index in [0.29, 0.717) is 31.1 Å². The van der Waals surface area contributed by atoms with E-state index in [9.17, 15) is 13.2 Å². The molecule has 0 unspecified atom stereocenters. The zero-order valence-corrected chi connectivity index (χ0v) is 19.8. The minimum atomic E-state index is -3.59. The molecule has 0 aromatic heterocycles. The van der Waals surface area contributed by atoms with E-state index in [1.54, 1.807) is 16.4 Å². The first-order valence-electron chi connectivity index (χ1n) is 11.6. The predicted octanol–water partition coefficient (Wildman–Crippen LogP) is 3.95. The number of amides is 1. The van der Waals surface area contributed by atoms with E-state index in [1.807, 2.05) is 19.1 Å². The molecule has 0 saturated carbocycles. The molecule has 2 fully saturated rings. The molecule has 2 aliphatic rings. The van der Waals surface area contributed by atoms with Crippen molar-refractivity contribution in [2.24, 2.45) is 5.92 Å². The number of anilines is 1. The molecular weight excluding hydrogens is 422 g/mol. The van der Waals surface area contributed by atoms with Crippen LogP contribution in [0.1, 0.15) is 54.1 Å². The molecule has 2 aromatic carbocycles. The lowest BCUT2D eigenvalue weighted by atomic mass is 10.0. The Morgan fingerprint density at radius 2 is 1.66 bits per heavy atom. The summed E-state index contributed by atoms with van der Waals surface area (Å²) < 4.78 is 27.7. The van der Waals surface area contributed by atoms with Crippen LogP contribution in [0.4, 0.5) is 5.69 Å². The molecular formula is C25H33N3O3S. The Morgan fingerprint density at radius 1 is 1.00 bits per heavy atom. The van der Waals surface area contributed by atoms with Crippen molar-refractivity contribution in [3.8, 4) is 0 Å². The number of hydrogen-bond donors (Lipinski definition) is 1. The monoisotopic (exact) mass is 455 g/mol. The Morgan fingerprint density at radius 3 is 2.31 bits per heavy atom. The van der Waals surface area contributed by atoms with Gasteiger partial charge in [-0.25, -0.2) is 8.42 Å². The van der Waals surface area contributed by atoms with Crippen LogP contribution in [0.15, 0.2) is 47.4 Å². The molecule has 2 aromatic rings. The van der Waals surface area contributed by atoms with Crippen molar-refractivity contribution < 1.29 is 13.2 Å². The van der Waals surface area contributed by atoms with Gasteiger partial charge in [-0.1, -0.05) is 25.1 Å². The van der Waals surface area contributed by atoms with Crippen molar-refractivity contribution >= 4 is 21.6 Å². The van der Waals surface area contributed by atoms with Crippen LogP contribution in [0.25, 0.3) is 0 Å². The van der Waals surface area contributed by atoms with Crippen molar-refractivity contribution in [2.45, 2.75) is 51.0 Å². The van der Waals surface area contributed by atoms with Gasteiger partial charge in [-0.15, -0.1) is 0 Å². The van der Waals surface area contributed by atoms with Gasteiger partial charge in [-0.3, -0.25) is 4.79 Å². The smallest absolute Gasteiger partial charge is 0.251 e. The average molecular weight is 456 g/mol. The quantitative estimate of drug-likeness (QED) is 0.716. The Kier molecular flexibility index (Phi) is 6.86. The first kappa shape index (κ1) is 22.8. The number of rotatable bonds is 6. The summed E-state index contributed by atoms with van der Waals surface area (Å²) in [5, 5.41) is 2.95. The second-order valence-electron chi connectivity index (χ2n) is 9.11. The largest absolute Gasteiger partial charge is 0.372 e. The Bertz CT molecular complexity index is 1050. The van der Waals surface area contributed by atoms with Crippen molar-refractivity contribution in [1.82, 2.24) is 9.62 Å². The summed E-state index contributed by atoms with van der Waals surface area (Å²) in [6.07, 6.45) is 4.22. The van der Waals surface area contributed by atoms with Gasteiger partial charge in [0.25, 0.3) is 5.91 Å². The summed E-state index contributed by atoms with van der Waals surface area (Å²) in [5.41, 5.74) is 3.41. The van der Waals surface area contributed by atoms with Gasteiger partial charge in [-0.05, 0) is 73.9 Å². The fraction of sp³-hybridized carbons (Fsp3) is 0.480. The lowest BCUT2D eigenvalue weighted by molar-refractivity contribution is 0.0950. The molecule has 2 saturated heterocycles. The van der Waals surface area contributed by atoms with E-state index >= 15 is 0 Å². The van der Waals surface area contributed by atoms with Crippen LogP contribution in [0.2, 0.25) is 0 Å². The second kappa shape index (κ2) is 9.63. The normalized spacial score (nSPS) is 18.1. The van der Waals surface area contributed by atoms with E-state index in [2.05, 4.69) is 29.3 Å². The molecule has 0 radical (unpaired) electrons. The number of hydrogen-bond acceptors (Lipinski definition) is 4. The summed E-state index contributed by atoms with van der Waals surface area (Å²) in [4.78, 5) is 15.5. The number of nitrogens with zero attached hydrogens (tertiary/aromatic N) is 2. The van der Waals surface area contributed by atoms with Crippen LogP contribution in [0.5, 0.6) is 0 Å². The van der Waals surface area contributed by atoms with Gasteiger partial charge >= 0.3 is 0 Å². The molecule has 0 aliphatic carbocycles. The molecule has 4 rings (SSSR count). The molecule has 172 valence electrons. The van der Waals surface area contributed by atoms with E-state index in [0.717, 1.165) is 37.1 Å². The lowest BCUT2D eigenvalue weighted by Gasteiger charge is -2.29. The van der Waals surface area contributed by atoms with Crippen LogP contribution >= 0.6 is 0 Å². The Hall–Kier alpha value is -2.38. The highest BCUT2D eigenvalue weighted by Crippen LogP contribution is 2.25. The third-order valence-corrected chi connectivity index (χ3v) is 8.59. The number of carbonyl (C=O) groups is 1. The molecule has 1 amide bonds. The van der Waals surface area contributed by atoms with E-state index < -0.39 is 10.0 Å². The summed E-state index contributed by atoms with van der Waals surface area (Å²) in [7, 11) is -3.59. The number of carbonyl (C=O) groups excluding carboxylic acids is 1. The highest BCUT2D eigenvalue weighted by molar-refractivity contribution is 7.89. The van der Waals surface area contributed by atoms with Crippen molar-refractivity contribution in [3.63, 3.8) is 0 Å². The SMILES string of the molecule is Cc1ccc(S(=O)(=O)N2CCC(C)CC2)cc1C(=O)NCc1ccc(N2CCCC2)cc1. The van der Waals surface area contributed by atoms with Gasteiger partial charge < -0.3 is 10.2 Å². The highest BCUT2D eigenvalue weighted by atomic mass is 32.2. The predicted molar refractivity (Wildman–Crippen MR) is 127 cm³/mol. The average Bonchev–Trinajstić information content (AvgIpc) is 3.33. The van der Waals surface area contributed by atoms with Gasteiger partial charge in [0.1, 0.15) is 0 Å². The summed E-state index contributed by atoms with van der Waals surface area (Å²) >= 11 is 0. The zero-order chi connectivity index (χ0) is 22.7. The van der Waals surface area contributed by atoms with Gasteiger partial charge in [0.05, 0.1) is 4.90 Å². The van der Waals surface area contributed by atoms with Gasteiger partial charge in [0.15, 0.2) is 0 Å². The molecule has 1 N–H and O–H groups in total. The molecule has 0 atom stereocenters. The minimum Gasteiger partial charge on any atom is -0.372 e. The fourth-order valence-electron chi connectivity index (χ4n) is 4.46. The van der Waals surface area contributed by atoms with Crippen LogP contribution in [0, 0.1) is 12.8 Å². The van der Waals surface area contributed by atoms with E-state index in [4.69, 9.17) is 0 Å². The number of piperidine rings is 1. The summed E-state index contributed by atoms with van der Waals surface area (Å²) in [6, 6.07) is 13.1. The summed E-state index contributed by atoms with van der Waals surface area (Å²) in [6.45, 7) is 7.66. The zero-order valence-electron chi connectivity index (χ0n) is 19.0. The molecule has 7 heteroatoms. The maximum absolute atomic E-state index is 13.1. The standard InChI is InChI=1S/C25H33N3O3S/c1-19-11-15-28(16-12-19)32(30,31)23-10-5-20(2)24(17-23)25(29)26-18-21-6-8-22(9-7-21)27-13-3-4-14-27/h5-10,17,19H,3-4,11-16,18H2,1-2H3,(H,26,29). The first-order valence-corrected chi connectivity index (χ1v) is 13.0. The molecule has 0 spiro atoms. The van der Waals surface area contributed by atoms with Gasteiger partial charge in [0.2, 0.25) is 10.0 Å². The van der Waals surface area contributed by atoms with E-state index in [-0.39, 0.29) is 10.8 Å². The van der Waals surface area contributed by atoms with Crippen LogP contribution < -0.4 is 10.2 Å². The molecule has 6 nitrogen and oxygen atoms in total. The fourth-order valence-corrected chi connectivity index (χ4v) is 5.95. The van der Waals surface area contributed by atoms with Crippen LogP contribution in [-0.4, -0.2) is 44.8 Å². The lowest BCUT2D eigenvalue weighted by Crippen LogP contribution is -2.38. The topological polar surface area (TPSA) is 69.7 Å². The summed E-state index contributed by atoms with van der Waals surface area (Å²) in [5.74, 6) is 0.292. The highest BCUT2D eigenvalue weighted by Gasteiger charge is 2.29. The van der Waals surface area contributed by atoms with Crippen molar-refractivity contribution in [2.75, 3.05) is 31.1 Å². The molecule has 0 bridgehead atoms. The minimum absolute atomic E-state index is 0.192. The number of nitrogens with one attached hydrogen (secondary N) is 1. The Labute approximate surface area is 191 Å². The van der Waals surface area contributed by atoms with Gasteiger partial charge in [0, 0.05) is 44.0 Å². The van der Waals surface area contributed by atoms with Gasteiger partial charge in [-0.2, -0.15) is 4.31 Å². The molecule has 2 aliphatic heterocycles. The van der Waals surface area contributed by atoms with E-state index in [1.165, 1.54) is 24.6 Å². The third-order valence-electron chi connectivity index (χ3n) is 6.69. The number of benzene rings is 2. The number of sulfonamides is 1. The second-order valence-corrected chi connectivity index (χ2v) is 11.0. The van der Waals surface area contributed by atoms with Crippen LogP contribution in [-0.2, 0) is 16.6 Å². The first-order chi connectivity index (χ1) is 15.3. The Balaban J connectivity index is 1.43. The molecule has 2 heterocycles. The van der Waals surface area contributed by atoms with Crippen molar-refractivity contribution in [1.29, 1.82) is 0 Å². The third kappa shape index (κ3) is 4.99. The maximum atomic E-state index is 13.1. The van der Waals surface area contributed by atoms with Crippen molar-refractivity contribution in [3.05, 3.63) is 59.2 Å². The number of aryl methyl sites for hydroxylation is 1. The maximum Gasteiger partial charge on any atom is 0.251 e.